The number of sulfone groups is 1. The van der Waals surface area contributed by atoms with Crippen molar-refractivity contribution >= 4 is 21.2 Å². The molecule has 1 fully saturated rings. The monoisotopic (exact) mass is 282 g/mol. The van der Waals surface area contributed by atoms with Crippen LogP contribution in [0, 0.1) is 5.92 Å². The van der Waals surface area contributed by atoms with E-state index in [1.807, 2.05) is 7.05 Å². The minimum atomic E-state index is -3.19. The van der Waals surface area contributed by atoms with Gasteiger partial charge in [-0.3, -0.25) is 0 Å². The zero-order chi connectivity index (χ0) is 14.0. The summed E-state index contributed by atoms with van der Waals surface area (Å²) in [7, 11) is -1.17. The maximum atomic E-state index is 11.5. The Morgan fingerprint density at radius 1 is 1.32 bits per heavy atom. The van der Waals surface area contributed by atoms with Crippen molar-refractivity contribution in [3.63, 3.8) is 0 Å². The highest BCUT2D eigenvalue weighted by Crippen LogP contribution is 2.30. The zero-order valence-electron chi connectivity index (χ0n) is 11.6. The van der Waals surface area contributed by atoms with Gasteiger partial charge in [0.05, 0.1) is 16.3 Å². The molecule has 0 amide bonds. The molecule has 2 N–H and O–H groups in total. The fourth-order valence-corrected chi connectivity index (χ4v) is 3.45. The number of nitrogen functional groups attached to an aromatic ring is 1. The molecule has 4 nitrogen and oxygen atoms in total. The molecule has 1 aromatic rings. The smallest absolute Gasteiger partial charge is 0.175 e. The van der Waals surface area contributed by atoms with E-state index in [0.29, 0.717) is 5.69 Å². The molecule has 106 valence electrons. The van der Waals surface area contributed by atoms with Crippen LogP contribution in [0.2, 0.25) is 0 Å². The lowest BCUT2D eigenvalue weighted by molar-refractivity contribution is 0.547. The van der Waals surface area contributed by atoms with Crippen LogP contribution in [0.5, 0.6) is 0 Å². The Hall–Kier alpha value is -1.23. The molecule has 1 aliphatic carbocycles. The Morgan fingerprint density at radius 3 is 2.47 bits per heavy atom. The SMILES string of the molecule is CN(CC1CCCC1)c1ccc(S(C)(=O)=O)cc1N. The normalized spacial score (nSPS) is 16.7. The molecular weight excluding hydrogens is 260 g/mol. The van der Waals surface area contributed by atoms with Crippen molar-refractivity contribution in [2.75, 3.05) is 30.5 Å². The second-order valence-corrected chi connectivity index (χ2v) is 7.54. The van der Waals surface area contributed by atoms with Crippen LogP contribution in [0.3, 0.4) is 0 Å². The number of nitrogens with zero attached hydrogens (tertiary/aromatic N) is 1. The van der Waals surface area contributed by atoms with Crippen molar-refractivity contribution in [1.29, 1.82) is 0 Å². The molecule has 1 aromatic carbocycles. The van der Waals surface area contributed by atoms with Gasteiger partial charge in [0.2, 0.25) is 0 Å². The molecule has 1 saturated carbocycles. The molecule has 1 aliphatic rings. The van der Waals surface area contributed by atoms with Crippen molar-refractivity contribution in [2.24, 2.45) is 5.92 Å². The first-order valence-corrected chi connectivity index (χ1v) is 8.58. The molecule has 2 rings (SSSR count). The summed E-state index contributed by atoms with van der Waals surface area (Å²) in [6.45, 7) is 0.989. The highest BCUT2D eigenvalue weighted by Gasteiger charge is 2.18. The van der Waals surface area contributed by atoms with Gasteiger partial charge in [0.1, 0.15) is 0 Å². The van der Waals surface area contributed by atoms with Gasteiger partial charge in [0.25, 0.3) is 0 Å². The Kier molecular flexibility index (Phi) is 4.04. The summed E-state index contributed by atoms with van der Waals surface area (Å²) in [6.07, 6.45) is 6.41. The summed E-state index contributed by atoms with van der Waals surface area (Å²) in [5.41, 5.74) is 7.43. The van der Waals surface area contributed by atoms with Crippen LogP contribution in [-0.4, -0.2) is 28.3 Å². The van der Waals surface area contributed by atoms with Crippen LogP contribution in [0.1, 0.15) is 25.7 Å². The largest absolute Gasteiger partial charge is 0.397 e. The number of benzene rings is 1. The van der Waals surface area contributed by atoms with Gasteiger partial charge < -0.3 is 10.6 Å². The van der Waals surface area contributed by atoms with Crippen LogP contribution in [0.25, 0.3) is 0 Å². The fraction of sp³-hybridized carbons (Fsp3) is 0.571. The quantitative estimate of drug-likeness (QED) is 0.861. The number of hydrogen-bond acceptors (Lipinski definition) is 4. The van der Waals surface area contributed by atoms with Crippen LogP contribution in [0.4, 0.5) is 11.4 Å². The van der Waals surface area contributed by atoms with Crippen LogP contribution in [-0.2, 0) is 9.84 Å². The molecule has 0 spiro atoms. The Morgan fingerprint density at radius 2 is 1.95 bits per heavy atom. The molecule has 19 heavy (non-hydrogen) atoms. The highest BCUT2D eigenvalue weighted by atomic mass is 32.2. The van der Waals surface area contributed by atoms with E-state index in [1.165, 1.54) is 31.9 Å². The van der Waals surface area contributed by atoms with Crippen LogP contribution < -0.4 is 10.6 Å². The molecule has 0 radical (unpaired) electrons. The molecule has 0 atom stereocenters. The van der Waals surface area contributed by atoms with E-state index in [-0.39, 0.29) is 4.90 Å². The predicted octanol–water partition coefficient (Wildman–Crippen LogP) is 2.30. The first-order valence-electron chi connectivity index (χ1n) is 6.68. The maximum absolute atomic E-state index is 11.5. The van der Waals surface area contributed by atoms with Crippen LogP contribution in [0.15, 0.2) is 23.1 Å². The second-order valence-electron chi connectivity index (χ2n) is 5.52. The number of nitrogens with two attached hydrogens (primary N) is 1. The average Bonchev–Trinajstić information content (AvgIpc) is 2.80. The van der Waals surface area contributed by atoms with Gasteiger partial charge in [-0.05, 0) is 37.0 Å². The number of anilines is 2. The first-order chi connectivity index (χ1) is 8.88. The standard InChI is InChI=1S/C14H22N2O2S/c1-16(10-11-5-3-4-6-11)14-8-7-12(9-13(14)15)19(2,17)18/h7-9,11H,3-6,10,15H2,1-2H3. The Labute approximate surface area is 115 Å². The number of hydrogen-bond donors (Lipinski definition) is 1. The minimum Gasteiger partial charge on any atom is -0.397 e. The lowest BCUT2D eigenvalue weighted by Crippen LogP contribution is -2.24. The van der Waals surface area contributed by atoms with E-state index in [1.54, 1.807) is 18.2 Å². The van der Waals surface area contributed by atoms with E-state index in [0.717, 1.165) is 18.2 Å². The van der Waals surface area contributed by atoms with Gasteiger partial charge >= 0.3 is 0 Å². The Balaban J connectivity index is 2.16. The molecule has 0 bridgehead atoms. The van der Waals surface area contributed by atoms with Gasteiger partial charge in [-0.2, -0.15) is 0 Å². The van der Waals surface area contributed by atoms with Gasteiger partial charge in [-0.15, -0.1) is 0 Å². The van der Waals surface area contributed by atoms with Gasteiger partial charge in [0, 0.05) is 19.8 Å². The van der Waals surface area contributed by atoms with E-state index in [9.17, 15) is 8.42 Å². The summed E-state index contributed by atoms with van der Waals surface area (Å²) >= 11 is 0. The fourth-order valence-electron chi connectivity index (χ4n) is 2.79. The first kappa shape index (κ1) is 14.2. The topological polar surface area (TPSA) is 63.4 Å². The maximum Gasteiger partial charge on any atom is 0.175 e. The predicted molar refractivity (Wildman–Crippen MR) is 79.2 cm³/mol. The summed E-state index contributed by atoms with van der Waals surface area (Å²) in [5, 5.41) is 0. The highest BCUT2D eigenvalue weighted by molar-refractivity contribution is 7.90. The van der Waals surface area contributed by atoms with Crippen molar-refractivity contribution in [3.8, 4) is 0 Å². The number of rotatable bonds is 4. The van der Waals surface area contributed by atoms with Crippen molar-refractivity contribution in [2.45, 2.75) is 30.6 Å². The third kappa shape index (κ3) is 3.41. The van der Waals surface area contributed by atoms with E-state index < -0.39 is 9.84 Å². The van der Waals surface area contributed by atoms with E-state index in [4.69, 9.17) is 5.73 Å². The van der Waals surface area contributed by atoms with Crippen molar-refractivity contribution in [3.05, 3.63) is 18.2 Å². The molecule has 0 unspecified atom stereocenters. The lowest BCUT2D eigenvalue weighted by Gasteiger charge is -2.24. The molecular formula is C14H22N2O2S. The third-order valence-corrected chi connectivity index (χ3v) is 4.96. The molecule has 0 heterocycles. The Bertz CT molecular complexity index is 549. The summed E-state index contributed by atoms with van der Waals surface area (Å²) in [5.74, 6) is 0.735. The molecule has 5 heteroatoms. The lowest BCUT2D eigenvalue weighted by atomic mass is 10.1. The second kappa shape index (κ2) is 5.41. The summed E-state index contributed by atoms with van der Waals surface area (Å²) in [6, 6.07) is 4.99. The summed E-state index contributed by atoms with van der Waals surface area (Å²) in [4.78, 5) is 2.42. The summed E-state index contributed by atoms with van der Waals surface area (Å²) < 4.78 is 23.0. The van der Waals surface area contributed by atoms with Gasteiger partial charge in [0.15, 0.2) is 9.84 Å². The van der Waals surface area contributed by atoms with E-state index >= 15 is 0 Å². The van der Waals surface area contributed by atoms with Crippen molar-refractivity contribution < 1.29 is 8.42 Å². The zero-order valence-corrected chi connectivity index (χ0v) is 12.4. The molecule has 0 aliphatic heterocycles. The van der Waals surface area contributed by atoms with Crippen LogP contribution >= 0.6 is 0 Å². The van der Waals surface area contributed by atoms with Gasteiger partial charge in [-0.1, -0.05) is 12.8 Å². The minimum absolute atomic E-state index is 0.281. The van der Waals surface area contributed by atoms with Gasteiger partial charge in [-0.25, -0.2) is 8.42 Å². The molecule has 0 aromatic heterocycles. The third-order valence-electron chi connectivity index (χ3n) is 3.85. The molecule has 0 saturated heterocycles. The van der Waals surface area contributed by atoms with E-state index in [2.05, 4.69) is 4.90 Å². The average molecular weight is 282 g/mol. The van der Waals surface area contributed by atoms with Crippen molar-refractivity contribution in [1.82, 2.24) is 0 Å².